The maximum absolute atomic E-state index is 6.86. The van der Waals surface area contributed by atoms with E-state index >= 15 is 0 Å². The van der Waals surface area contributed by atoms with Gasteiger partial charge < -0.3 is 18.9 Å². The Bertz CT molecular complexity index is 590. The molecule has 2 unspecified atom stereocenters. The molecule has 0 N–H and O–H groups in total. The predicted molar refractivity (Wildman–Crippen MR) is 229 cm³/mol. The van der Waals surface area contributed by atoms with Crippen LogP contribution < -0.4 is 0 Å². The van der Waals surface area contributed by atoms with Crippen LogP contribution in [0.15, 0.2) is 0 Å². The molecular formula is C48H98O4. The number of unbranched alkanes of at least 4 members (excludes halogenated alkanes) is 22. The summed E-state index contributed by atoms with van der Waals surface area (Å²) in [5, 5.41) is 0. The van der Waals surface area contributed by atoms with Gasteiger partial charge in [0.1, 0.15) is 0 Å². The van der Waals surface area contributed by atoms with Crippen LogP contribution in [0.1, 0.15) is 254 Å². The van der Waals surface area contributed by atoms with Crippen molar-refractivity contribution in [2.45, 2.75) is 267 Å². The Morgan fingerprint density at radius 2 is 0.442 bits per heavy atom. The molecule has 0 amide bonds. The fourth-order valence-corrected chi connectivity index (χ4v) is 7.83. The predicted octanol–water partition coefficient (Wildman–Crippen LogP) is 16.2. The molecule has 0 aromatic carbocycles. The van der Waals surface area contributed by atoms with Gasteiger partial charge in [0.25, 0.3) is 0 Å². The first kappa shape index (κ1) is 51.8. The lowest BCUT2D eigenvalue weighted by Gasteiger charge is -2.41. The lowest BCUT2D eigenvalue weighted by molar-refractivity contribution is -0.220. The third kappa shape index (κ3) is 30.1. The van der Waals surface area contributed by atoms with Gasteiger partial charge in [0.15, 0.2) is 12.6 Å². The SMILES string of the molecule is CCCCCCCCCC(C(OCCCC)OCCCC)C(CCCCCCCCC)C(CCCCCCCCC)C(OCCCC)OCCCC. The van der Waals surface area contributed by atoms with Gasteiger partial charge in [-0.3, -0.25) is 0 Å². The van der Waals surface area contributed by atoms with Crippen LogP contribution in [0.3, 0.4) is 0 Å². The molecule has 314 valence electrons. The Hall–Kier alpha value is -0.160. The molecule has 0 fully saturated rings. The summed E-state index contributed by atoms with van der Waals surface area (Å²) < 4.78 is 27.4. The van der Waals surface area contributed by atoms with Crippen molar-refractivity contribution in [3.05, 3.63) is 0 Å². The van der Waals surface area contributed by atoms with Gasteiger partial charge in [-0.25, -0.2) is 0 Å². The maximum atomic E-state index is 6.86. The topological polar surface area (TPSA) is 36.9 Å². The van der Waals surface area contributed by atoms with Gasteiger partial charge in [0.2, 0.25) is 0 Å². The van der Waals surface area contributed by atoms with E-state index in [-0.39, 0.29) is 12.6 Å². The van der Waals surface area contributed by atoms with Crippen LogP contribution in [0.5, 0.6) is 0 Å². The Morgan fingerprint density at radius 1 is 0.231 bits per heavy atom. The minimum Gasteiger partial charge on any atom is -0.352 e. The second-order valence-electron chi connectivity index (χ2n) is 16.4. The number of rotatable bonds is 44. The van der Waals surface area contributed by atoms with Crippen molar-refractivity contribution >= 4 is 0 Å². The lowest BCUT2D eigenvalue weighted by atomic mass is 9.73. The van der Waals surface area contributed by atoms with E-state index in [0.717, 1.165) is 77.8 Å². The highest BCUT2D eigenvalue weighted by Crippen LogP contribution is 2.40. The fourth-order valence-electron chi connectivity index (χ4n) is 7.83. The molecule has 0 saturated carbocycles. The summed E-state index contributed by atoms with van der Waals surface area (Å²) in [6.45, 7) is 19.3. The molecule has 2 atom stereocenters. The highest BCUT2D eigenvalue weighted by Gasteiger charge is 2.39. The largest absolute Gasteiger partial charge is 0.352 e. The molecule has 0 aliphatic rings. The average molecular weight is 739 g/mol. The highest BCUT2D eigenvalue weighted by atomic mass is 16.7. The summed E-state index contributed by atoms with van der Waals surface area (Å²) in [6.07, 6.45) is 40.7. The van der Waals surface area contributed by atoms with Gasteiger partial charge in [0, 0.05) is 38.3 Å². The molecule has 0 aromatic heterocycles. The van der Waals surface area contributed by atoms with Crippen LogP contribution in [0.4, 0.5) is 0 Å². The second kappa shape index (κ2) is 42.0. The van der Waals surface area contributed by atoms with E-state index in [1.54, 1.807) is 0 Å². The van der Waals surface area contributed by atoms with Crippen molar-refractivity contribution in [3.63, 3.8) is 0 Å². The molecule has 0 rings (SSSR count). The van der Waals surface area contributed by atoms with Crippen molar-refractivity contribution in [1.82, 2.24) is 0 Å². The fraction of sp³-hybridized carbons (Fsp3) is 1.00. The van der Waals surface area contributed by atoms with E-state index in [1.807, 2.05) is 0 Å². The van der Waals surface area contributed by atoms with Crippen LogP contribution in [0.25, 0.3) is 0 Å². The third-order valence-corrected chi connectivity index (χ3v) is 11.3. The summed E-state index contributed by atoms with van der Waals surface area (Å²) >= 11 is 0. The van der Waals surface area contributed by atoms with E-state index in [1.165, 1.54) is 154 Å². The second-order valence-corrected chi connectivity index (χ2v) is 16.4. The summed E-state index contributed by atoms with van der Waals surface area (Å²) in [5.41, 5.74) is 0. The highest BCUT2D eigenvalue weighted by molar-refractivity contribution is 4.83. The Morgan fingerprint density at radius 3 is 0.692 bits per heavy atom. The van der Waals surface area contributed by atoms with Gasteiger partial charge in [-0.2, -0.15) is 0 Å². The average Bonchev–Trinajstić information content (AvgIpc) is 3.15. The van der Waals surface area contributed by atoms with E-state index in [9.17, 15) is 0 Å². The number of ether oxygens (including phenoxy) is 4. The number of hydrogen-bond acceptors (Lipinski definition) is 4. The molecular weight excluding hydrogens is 641 g/mol. The molecule has 0 heterocycles. The van der Waals surface area contributed by atoms with Gasteiger partial charge >= 0.3 is 0 Å². The minimum absolute atomic E-state index is 0.128. The maximum Gasteiger partial charge on any atom is 0.160 e. The molecule has 4 heteroatoms. The molecule has 0 radical (unpaired) electrons. The van der Waals surface area contributed by atoms with E-state index in [2.05, 4.69) is 48.5 Å². The van der Waals surface area contributed by atoms with Crippen LogP contribution in [0.2, 0.25) is 0 Å². The minimum atomic E-state index is -0.128. The number of hydrogen-bond donors (Lipinski definition) is 0. The summed E-state index contributed by atoms with van der Waals surface area (Å²) in [7, 11) is 0. The standard InChI is InChI=1S/C48H98O4/c1-8-15-22-25-28-31-34-37-44(45(38-35-32-29-26-23-16-9-2)47(49-40-18-11-4)50-41-19-12-5)46(39-36-33-30-27-24-17-10-3)48(51-42-20-13-6)52-43-21-14-7/h44-48H,8-43H2,1-7H3. The Kier molecular flexibility index (Phi) is 41.9. The van der Waals surface area contributed by atoms with Gasteiger partial charge in [-0.15, -0.1) is 0 Å². The first-order valence-corrected chi connectivity index (χ1v) is 24.1. The monoisotopic (exact) mass is 739 g/mol. The molecule has 0 saturated heterocycles. The summed E-state index contributed by atoms with van der Waals surface area (Å²) in [5.74, 6) is 1.24. The van der Waals surface area contributed by atoms with E-state index < -0.39 is 0 Å². The normalized spacial score (nSPS) is 13.8. The van der Waals surface area contributed by atoms with Gasteiger partial charge in [-0.1, -0.05) is 209 Å². The zero-order valence-corrected chi connectivity index (χ0v) is 37.0. The van der Waals surface area contributed by atoms with Crippen molar-refractivity contribution < 1.29 is 18.9 Å². The van der Waals surface area contributed by atoms with Crippen molar-refractivity contribution in [2.75, 3.05) is 26.4 Å². The van der Waals surface area contributed by atoms with Crippen LogP contribution >= 0.6 is 0 Å². The van der Waals surface area contributed by atoms with Gasteiger partial charge in [-0.05, 0) is 50.9 Å². The third-order valence-electron chi connectivity index (χ3n) is 11.3. The lowest BCUT2D eigenvalue weighted by Crippen LogP contribution is -2.42. The van der Waals surface area contributed by atoms with Crippen LogP contribution in [-0.4, -0.2) is 39.0 Å². The van der Waals surface area contributed by atoms with E-state index in [4.69, 9.17) is 18.9 Å². The molecule has 0 spiro atoms. The summed E-state index contributed by atoms with van der Waals surface area (Å²) in [4.78, 5) is 0. The molecule has 52 heavy (non-hydrogen) atoms. The quantitative estimate of drug-likeness (QED) is 0.0461. The Balaban J connectivity index is 6.63. The van der Waals surface area contributed by atoms with Crippen LogP contribution in [0, 0.1) is 17.8 Å². The van der Waals surface area contributed by atoms with Crippen LogP contribution in [-0.2, 0) is 18.9 Å². The zero-order chi connectivity index (χ0) is 38.2. The van der Waals surface area contributed by atoms with E-state index in [0.29, 0.717) is 17.8 Å². The Labute approximate surface area is 328 Å². The van der Waals surface area contributed by atoms with Gasteiger partial charge in [0.05, 0.1) is 0 Å². The molecule has 0 aliphatic carbocycles. The first-order chi connectivity index (χ1) is 25.6. The molecule has 0 bridgehead atoms. The smallest absolute Gasteiger partial charge is 0.160 e. The first-order valence-electron chi connectivity index (χ1n) is 24.1. The van der Waals surface area contributed by atoms with Crippen molar-refractivity contribution in [3.8, 4) is 0 Å². The molecule has 0 aliphatic heterocycles. The molecule has 4 nitrogen and oxygen atoms in total. The van der Waals surface area contributed by atoms with Crippen molar-refractivity contribution in [1.29, 1.82) is 0 Å². The van der Waals surface area contributed by atoms with Crippen molar-refractivity contribution in [2.24, 2.45) is 17.8 Å². The molecule has 0 aromatic rings. The summed E-state index contributed by atoms with van der Waals surface area (Å²) in [6, 6.07) is 0. The zero-order valence-electron chi connectivity index (χ0n) is 37.0.